The van der Waals surface area contributed by atoms with Gasteiger partial charge in [-0.05, 0) is 62.3 Å². The minimum atomic E-state index is -1.28. The maximum Gasteiger partial charge on any atom is 1.00 e. The molecule has 0 amide bonds. The molecule has 1 N–H and O–H groups in total. The number of aromatic nitrogens is 1. The van der Waals surface area contributed by atoms with E-state index in [2.05, 4.69) is 16.8 Å². The molecule has 120 valence electrons. The molecule has 0 saturated carbocycles. The average molecular weight is 310 g/mol. The minimum absolute atomic E-state index is 0. The predicted octanol–water partition coefficient (Wildman–Crippen LogP) is -2.17. The second kappa shape index (κ2) is 6.94. The summed E-state index contributed by atoms with van der Waals surface area (Å²) >= 11 is 0. The summed E-state index contributed by atoms with van der Waals surface area (Å²) in [6.07, 6.45) is 3.78. The number of carbonyl (C=O) groups excluding carboxylic acids is 1. The van der Waals surface area contributed by atoms with Gasteiger partial charge in [-0.15, -0.1) is 0 Å². The van der Waals surface area contributed by atoms with E-state index in [9.17, 15) is 15.0 Å². The average Bonchev–Trinajstić information content (AvgIpc) is 2.75. The van der Waals surface area contributed by atoms with E-state index in [1.54, 1.807) is 13.0 Å². The van der Waals surface area contributed by atoms with E-state index in [0.717, 1.165) is 37.2 Å². The molecule has 3 rings (SSSR count). The van der Waals surface area contributed by atoms with Gasteiger partial charge in [-0.2, -0.15) is 0 Å². The Kier molecular flexibility index (Phi) is 5.58. The number of aromatic carboxylic acids is 1. The molecule has 1 aliphatic carbocycles. The van der Waals surface area contributed by atoms with Gasteiger partial charge in [-0.3, -0.25) is 4.90 Å². The Balaban J connectivity index is 0.00000192. The van der Waals surface area contributed by atoms with E-state index in [-0.39, 0.29) is 24.6 Å². The van der Waals surface area contributed by atoms with Crippen LogP contribution in [-0.2, 0) is 18.6 Å². The Labute approximate surface area is 149 Å². The first-order valence-corrected chi connectivity index (χ1v) is 8.06. The molecule has 0 bridgehead atoms. The summed E-state index contributed by atoms with van der Waals surface area (Å²) in [7, 11) is 0. The second-order valence-electron chi connectivity index (χ2n) is 7.04. The number of hydrogen-bond acceptors (Lipinski definition) is 5. The van der Waals surface area contributed by atoms with Crippen molar-refractivity contribution in [1.29, 1.82) is 0 Å². The third-order valence-electron chi connectivity index (χ3n) is 4.93. The van der Waals surface area contributed by atoms with Gasteiger partial charge >= 0.3 is 18.9 Å². The van der Waals surface area contributed by atoms with Gasteiger partial charge in [0.15, 0.2) is 0 Å². The van der Waals surface area contributed by atoms with Gasteiger partial charge in [0, 0.05) is 13.1 Å². The van der Waals surface area contributed by atoms with Crippen LogP contribution in [0, 0.1) is 5.92 Å². The Bertz CT molecular complexity index is 604. The number of piperidine rings is 1. The van der Waals surface area contributed by atoms with Gasteiger partial charge in [-0.1, -0.05) is 6.92 Å². The van der Waals surface area contributed by atoms with Gasteiger partial charge in [0.05, 0.1) is 17.4 Å². The zero-order valence-corrected chi connectivity index (χ0v) is 14.3. The predicted molar refractivity (Wildman–Crippen MR) is 80.1 cm³/mol. The fourth-order valence-corrected chi connectivity index (χ4v) is 3.75. The first kappa shape index (κ1) is 18.5. The molecule has 1 saturated heterocycles. The molecule has 0 aromatic carbocycles. The third-order valence-corrected chi connectivity index (χ3v) is 4.93. The van der Waals surface area contributed by atoms with Crippen LogP contribution >= 0.6 is 0 Å². The Hall–Kier alpha value is -0.863. The molecule has 1 aromatic rings. The summed E-state index contributed by atoms with van der Waals surface area (Å²) in [5.41, 5.74) is 1.42. The fourth-order valence-electron chi connectivity index (χ4n) is 3.75. The second-order valence-corrected chi connectivity index (χ2v) is 7.04. The van der Waals surface area contributed by atoms with Crippen molar-refractivity contribution >= 4 is 5.97 Å². The van der Waals surface area contributed by atoms with Gasteiger partial charge in [0.1, 0.15) is 5.60 Å². The maximum atomic E-state index is 11.2. The largest absolute Gasteiger partial charge is 1.00 e. The van der Waals surface area contributed by atoms with Crippen LogP contribution in [0.3, 0.4) is 0 Å². The van der Waals surface area contributed by atoms with Crippen molar-refractivity contribution in [3.63, 3.8) is 0 Å². The van der Waals surface area contributed by atoms with Crippen molar-refractivity contribution in [1.82, 2.24) is 9.88 Å². The minimum Gasteiger partial charge on any atom is -0.543 e. The topological polar surface area (TPSA) is 76.5 Å². The standard InChI is InChI=1S/C17H24N2O3.Li/c1-11-4-3-7-19(9-11)10-12-8-14(16(20)21)18-15-13(12)5-6-17(15,2)22;/h8,11,22H,3-7,9-10H2,1-2H3,(H,20,21);/q;+1/p-1/t11-,17?;/m0./s1. The number of carboxylic acid groups (broad SMARTS) is 1. The Morgan fingerprint density at radius 3 is 2.96 bits per heavy atom. The summed E-state index contributed by atoms with van der Waals surface area (Å²) in [6, 6.07) is 1.63. The molecule has 5 nitrogen and oxygen atoms in total. The van der Waals surface area contributed by atoms with E-state index in [1.165, 1.54) is 12.8 Å². The molecule has 1 aromatic heterocycles. The molecule has 2 heterocycles. The van der Waals surface area contributed by atoms with Crippen LogP contribution in [0.2, 0.25) is 0 Å². The first-order chi connectivity index (χ1) is 10.4. The van der Waals surface area contributed by atoms with Crippen LogP contribution in [0.1, 0.15) is 60.4 Å². The van der Waals surface area contributed by atoms with Gasteiger partial charge < -0.3 is 15.0 Å². The quantitative estimate of drug-likeness (QED) is 0.643. The van der Waals surface area contributed by atoms with E-state index < -0.39 is 11.6 Å². The van der Waals surface area contributed by atoms with Crippen LogP contribution in [0.25, 0.3) is 0 Å². The molecule has 0 radical (unpaired) electrons. The van der Waals surface area contributed by atoms with Crippen LogP contribution in [0.15, 0.2) is 6.07 Å². The van der Waals surface area contributed by atoms with Gasteiger partial charge in [-0.25, -0.2) is 4.98 Å². The molecule has 2 aliphatic rings. The van der Waals surface area contributed by atoms with Crippen LogP contribution in [0.5, 0.6) is 0 Å². The molecule has 23 heavy (non-hydrogen) atoms. The van der Waals surface area contributed by atoms with Crippen LogP contribution in [0.4, 0.5) is 0 Å². The van der Waals surface area contributed by atoms with E-state index in [4.69, 9.17) is 0 Å². The molecular weight excluding hydrogens is 287 g/mol. The van der Waals surface area contributed by atoms with Crippen molar-refractivity contribution in [3.8, 4) is 0 Å². The summed E-state index contributed by atoms with van der Waals surface area (Å²) in [5, 5.41) is 21.7. The van der Waals surface area contributed by atoms with Crippen molar-refractivity contribution in [2.75, 3.05) is 13.1 Å². The summed E-state index contributed by atoms with van der Waals surface area (Å²) in [6.45, 7) is 6.76. The SMILES string of the molecule is C[C@H]1CCCN(Cc2cc(C(=O)[O-])nc3c2CCC3(C)O)C1.[Li+]. The van der Waals surface area contributed by atoms with Crippen molar-refractivity contribution in [3.05, 3.63) is 28.6 Å². The van der Waals surface area contributed by atoms with Crippen LogP contribution in [-0.4, -0.2) is 34.0 Å². The van der Waals surface area contributed by atoms with Crippen molar-refractivity contribution in [2.45, 2.75) is 51.7 Å². The molecule has 1 aliphatic heterocycles. The van der Waals surface area contributed by atoms with Gasteiger partial charge in [0.25, 0.3) is 0 Å². The maximum absolute atomic E-state index is 11.2. The summed E-state index contributed by atoms with van der Waals surface area (Å²) in [4.78, 5) is 17.8. The summed E-state index contributed by atoms with van der Waals surface area (Å²) in [5.74, 6) is -0.605. The number of rotatable bonds is 3. The first-order valence-electron chi connectivity index (χ1n) is 8.06. The molecule has 6 heteroatoms. The number of likely N-dealkylation sites (tertiary alicyclic amines) is 1. The zero-order valence-electron chi connectivity index (χ0n) is 14.3. The van der Waals surface area contributed by atoms with Crippen molar-refractivity contribution in [2.24, 2.45) is 5.92 Å². The monoisotopic (exact) mass is 310 g/mol. The summed E-state index contributed by atoms with van der Waals surface area (Å²) < 4.78 is 0. The molecular formula is C17H23LiN2O3. The number of pyridine rings is 1. The van der Waals surface area contributed by atoms with E-state index in [0.29, 0.717) is 18.0 Å². The van der Waals surface area contributed by atoms with Crippen molar-refractivity contribution < 1.29 is 33.9 Å². The number of carbonyl (C=O) groups is 1. The number of aliphatic hydroxyl groups is 1. The normalized spacial score (nSPS) is 27.3. The zero-order chi connectivity index (χ0) is 15.9. The third kappa shape index (κ3) is 3.80. The Morgan fingerprint density at radius 1 is 1.57 bits per heavy atom. The smallest absolute Gasteiger partial charge is 0.543 e. The molecule has 2 atom stereocenters. The van der Waals surface area contributed by atoms with Gasteiger partial charge in [0.2, 0.25) is 0 Å². The Morgan fingerprint density at radius 2 is 2.30 bits per heavy atom. The number of hydrogen-bond donors (Lipinski definition) is 1. The van der Waals surface area contributed by atoms with Crippen LogP contribution < -0.4 is 24.0 Å². The van der Waals surface area contributed by atoms with E-state index >= 15 is 0 Å². The number of fused-ring (bicyclic) bond motifs is 1. The molecule has 1 unspecified atom stereocenters. The number of nitrogens with zero attached hydrogens (tertiary/aromatic N) is 2. The number of carboxylic acids is 1. The van der Waals surface area contributed by atoms with E-state index in [1.807, 2.05) is 0 Å². The molecule has 1 fully saturated rings. The molecule has 0 spiro atoms. The fraction of sp³-hybridized carbons (Fsp3) is 0.647.